The molecule has 3 saturated heterocycles. The molecule has 12 atom stereocenters. The van der Waals surface area contributed by atoms with Gasteiger partial charge < -0.3 is 60.1 Å². The number of aliphatic hydroxyl groups is 1. The number of hydrogen-bond acceptors (Lipinski definition) is 13. The molecule has 1 spiro atoms. The zero-order chi connectivity index (χ0) is 76.5. The van der Waals surface area contributed by atoms with E-state index in [0.717, 1.165) is 65.1 Å². The van der Waals surface area contributed by atoms with Gasteiger partial charge in [-0.1, -0.05) is 89.6 Å². The summed E-state index contributed by atoms with van der Waals surface area (Å²) in [5.41, 5.74) is -3.27. The molecular weight excluding hydrogens is 1370 g/mol. The molecule has 1 unspecified atom stereocenters. The van der Waals surface area contributed by atoms with E-state index in [0.29, 0.717) is 32.1 Å². The summed E-state index contributed by atoms with van der Waals surface area (Å²) in [6, 6.07) is -3.90. The van der Waals surface area contributed by atoms with Crippen LogP contribution in [0.2, 0.25) is 5.02 Å². The smallest absolute Gasteiger partial charge is 0.377 e. The number of nitrogens with one attached hydrogen (secondary N) is 3. The average molecular weight is 1480 g/mol. The summed E-state index contributed by atoms with van der Waals surface area (Å²) in [6.45, 7) is 12.8. The van der Waals surface area contributed by atoms with Crippen LogP contribution < -0.4 is 16.0 Å². The number of alkyl halides is 6. The third kappa shape index (κ3) is 19.7. The van der Waals surface area contributed by atoms with Crippen LogP contribution in [0.5, 0.6) is 0 Å². The third-order valence-corrected chi connectivity index (χ3v) is 22.3. The van der Waals surface area contributed by atoms with E-state index in [9.17, 15) is 55.4 Å². The topological polar surface area (TPSA) is 262 Å². The van der Waals surface area contributed by atoms with Gasteiger partial charge in [0.15, 0.2) is 0 Å². The number of hydrogen-bond donors (Lipinski definition) is 4. The zero-order valence-electron chi connectivity index (χ0n) is 61.6. The molecule has 103 heavy (non-hydrogen) atoms. The Hall–Kier alpha value is -7.11. The average Bonchev–Trinajstić information content (AvgIpc) is 1.77. The summed E-state index contributed by atoms with van der Waals surface area (Å²) in [6.07, 6.45) is -7.86. The van der Waals surface area contributed by atoms with Crippen LogP contribution >= 0.6 is 11.6 Å². The van der Waals surface area contributed by atoms with Crippen molar-refractivity contribution in [2.75, 3.05) is 68.0 Å². The molecule has 3 aliphatic heterocycles. The maximum absolute atomic E-state index is 15.6. The molecule has 7 rings (SSSR count). The summed E-state index contributed by atoms with van der Waals surface area (Å²) >= 11 is 6.17. The molecule has 3 heterocycles. The highest BCUT2D eigenvalue weighted by Crippen LogP contribution is 2.40. The first kappa shape index (κ1) is 83.2. The van der Waals surface area contributed by atoms with Crippen molar-refractivity contribution in [3.63, 3.8) is 0 Å². The molecule has 0 aromatic heterocycles. The second-order valence-corrected chi connectivity index (χ2v) is 29.8. The van der Waals surface area contributed by atoms with Crippen molar-refractivity contribution < 1.29 is 84.1 Å². The maximum Gasteiger partial charge on any atom is 0.417 e. The highest BCUT2D eigenvalue weighted by molar-refractivity contribution is 6.31. The van der Waals surface area contributed by atoms with Crippen LogP contribution in [-0.2, 0) is 77.9 Å². The van der Waals surface area contributed by atoms with Crippen molar-refractivity contribution in [1.29, 1.82) is 0 Å². The van der Waals surface area contributed by atoms with Crippen LogP contribution in [0.15, 0.2) is 42.5 Å². The lowest BCUT2D eigenvalue weighted by atomic mass is 9.89. The van der Waals surface area contributed by atoms with E-state index in [1.807, 2.05) is 20.8 Å². The van der Waals surface area contributed by atoms with Gasteiger partial charge in [0.1, 0.15) is 54.1 Å². The first-order valence-corrected chi connectivity index (χ1v) is 36.6. The molecule has 5 fully saturated rings. The fraction of sp³-hybridized carbons (Fsp3) is 0.699. The van der Waals surface area contributed by atoms with Crippen molar-refractivity contribution in [2.45, 2.75) is 243 Å². The summed E-state index contributed by atoms with van der Waals surface area (Å²) < 4.78 is 89.6. The van der Waals surface area contributed by atoms with Gasteiger partial charge in [-0.3, -0.25) is 52.8 Å². The van der Waals surface area contributed by atoms with Gasteiger partial charge in [0.25, 0.3) is 0 Å². The molecule has 2 aromatic carbocycles. The molecule has 2 saturated carbocycles. The van der Waals surface area contributed by atoms with E-state index >= 15 is 24.0 Å². The summed E-state index contributed by atoms with van der Waals surface area (Å²) in [5.74, 6) is -7.95. The lowest BCUT2D eigenvalue weighted by molar-refractivity contribution is -0.160. The molecule has 0 radical (unpaired) electrons. The largest absolute Gasteiger partial charge is 0.417 e. The fourth-order valence-corrected chi connectivity index (χ4v) is 15.5. The van der Waals surface area contributed by atoms with E-state index in [-0.39, 0.29) is 101 Å². The molecule has 4 N–H and O–H groups in total. The van der Waals surface area contributed by atoms with Gasteiger partial charge in [-0.25, -0.2) is 0 Å². The number of aliphatic hydroxyl groups excluding tert-OH is 1. The maximum atomic E-state index is 15.6. The normalized spacial score (nSPS) is 28.1. The van der Waals surface area contributed by atoms with E-state index in [1.54, 1.807) is 46.7 Å². The Kier molecular flexibility index (Phi) is 28.5. The Morgan fingerprint density at radius 3 is 1.88 bits per heavy atom. The number of nitrogens with zero attached hydrogens (tertiary/aromatic N) is 8. The number of likely N-dealkylation sites (N-methyl/N-ethyl adjacent to an activating group) is 6. The second-order valence-electron chi connectivity index (χ2n) is 29.4. The first-order valence-electron chi connectivity index (χ1n) is 36.2. The Bertz CT molecular complexity index is 3350. The van der Waals surface area contributed by atoms with Crippen molar-refractivity contribution in [3.8, 4) is 0 Å². The number of carbonyl (C=O) groups is 10. The highest BCUT2D eigenvalue weighted by Gasteiger charge is 2.53. The van der Waals surface area contributed by atoms with Gasteiger partial charge in [0, 0.05) is 79.7 Å². The Labute approximate surface area is 605 Å². The molecule has 10 amide bonds. The minimum atomic E-state index is -4.81. The van der Waals surface area contributed by atoms with E-state index in [2.05, 4.69) is 16.0 Å². The molecule has 574 valence electrons. The van der Waals surface area contributed by atoms with Crippen LogP contribution in [0, 0.1) is 17.8 Å². The standard InChI is InChI=1S/C73H106ClF6N11O12/c1-14-43(6)60-68(100)86(11)45(8)64(96)90-34-31-54(90)67(99)89(15-2)57(38-47-23-27-49(28-24-47)72(75,76)77)66(98)84(9)41-58(92)81-53(30-26-46-25-29-51(52(74)37-46)73(78,79)80)65(97)91-40-50(103-16-3)39-56(91)63(95)83-71(32-19-20-33-71)70(102)88(13)61(48-21-17-18-22-48)69(101)85(10)44(7)36-59(93)87(12)55(35-42(4)5)62(94)82-60/h23-25,27-29,37,42-45,48,50,53-57,60-61,69,101H,14-22,26,30-36,38-41H2,1-13H3,(H,81,92)(H,82,94)(H,83,95)/t43-,44+,45-,50+,53-,54-,55-,56-,57-,60-,61-,69?/m0/s1. The molecule has 5 aliphatic rings. The lowest BCUT2D eigenvalue weighted by Gasteiger charge is -2.45. The first-order chi connectivity index (χ1) is 48.3. The van der Waals surface area contributed by atoms with Crippen molar-refractivity contribution in [2.24, 2.45) is 17.8 Å². The minimum Gasteiger partial charge on any atom is -0.377 e. The van der Waals surface area contributed by atoms with Gasteiger partial charge in [0.05, 0.1) is 34.8 Å². The number of carbonyl (C=O) groups excluding carboxylic acids is 10. The minimum absolute atomic E-state index is 0.0342. The number of amides is 10. The molecule has 23 nitrogen and oxygen atoms in total. The van der Waals surface area contributed by atoms with Crippen LogP contribution in [0.4, 0.5) is 26.3 Å². The zero-order valence-corrected chi connectivity index (χ0v) is 62.4. The van der Waals surface area contributed by atoms with Gasteiger partial charge in [-0.2, -0.15) is 26.3 Å². The van der Waals surface area contributed by atoms with Crippen LogP contribution in [0.25, 0.3) is 0 Å². The molecule has 30 heteroatoms. The highest BCUT2D eigenvalue weighted by atomic mass is 35.5. The Morgan fingerprint density at radius 2 is 1.33 bits per heavy atom. The number of halogens is 7. The molecule has 2 aromatic rings. The van der Waals surface area contributed by atoms with Crippen molar-refractivity contribution in [3.05, 3.63) is 69.7 Å². The second kappa shape index (κ2) is 35.3. The molecular formula is C73H106ClF6N11O12. The SMILES string of the molecule is CCO[C@@H]1C[C@H]2C(=O)NC3(CCCC3)C(=O)N(C)[C@@H](C3CCCC3)C(O)N(C)[C@H](C)CC(=O)N(C)[C@@H](CC(C)C)C(=O)N[C@@H]([C@@H](C)CC)C(=O)N(C)[C@@H](C)C(=O)N3CC[C@H]3C(=O)N(CC)[C@@H](Cc3ccc(C(F)(F)F)cc3)C(=O)N(C)CC(=O)N[C@@H](CCc3ccc(C(F)(F)F)c(Cl)c3)C(=O)N2C1. The molecule has 0 bridgehead atoms. The predicted molar refractivity (Wildman–Crippen MR) is 372 cm³/mol. The van der Waals surface area contributed by atoms with Crippen molar-refractivity contribution in [1.82, 2.24) is 55.1 Å². The number of aryl methyl sites for hydroxylation is 1. The number of rotatable bonds is 13. The molecule has 2 aliphatic carbocycles. The number of fused-ring (bicyclic) bond motifs is 2. The fourth-order valence-electron chi connectivity index (χ4n) is 15.2. The van der Waals surface area contributed by atoms with Gasteiger partial charge >= 0.3 is 12.4 Å². The Balaban J connectivity index is 1.31. The third-order valence-electron chi connectivity index (χ3n) is 22.0. The van der Waals surface area contributed by atoms with Gasteiger partial charge in [0.2, 0.25) is 59.1 Å². The van der Waals surface area contributed by atoms with Crippen LogP contribution in [-0.4, -0.2) is 244 Å². The van der Waals surface area contributed by atoms with Gasteiger partial charge in [-0.05, 0) is 139 Å². The van der Waals surface area contributed by atoms with E-state index in [1.165, 1.54) is 52.6 Å². The van der Waals surface area contributed by atoms with E-state index < -0.39 is 179 Å². The quantitative estimate of drug-likeness (QED) is 0.147. The van der Waals surface area contributed by atoms with Gasteiger partial charge in [-0.15, -0.1) is 0 Å². The van der Waals surface area contributed by atoms with Crippen LogP contribution in [0.3, 0.4) is 0 Å². The Morgan fingerprint density at radius 1 is 0.699 bits per heavy atom. The van der Waals surface area contributed by atoms with E-state index in [4.69, 9.17) is 16.3 Å². The summed E-state index contributed by atoms with van der Waals surface area (Å²) in [7, 11) is 7.33. The van der Waals surface area contributed by atoms with Crippen LogP contribution in [0.1, 0.15) is 168 Å². The van der Waals surface area contributed by atoms with Crippen molar-refractivity contribution >= 4 is 70.7 Å². The number of benzene rings is 2. The monoisotopic (exact) mass is 1480 g/mol. The summed E-state index contributed by atoms with van der Waals surface area (Å²) in [4.78, 5) is 160. The predicted octanol–water partition coefficient (Wildman–Crippen LogP) is 7.06. The number of ether oxygens (including phenoxy) is 1. The lowest BCUT2D eigenvalue weighted by Crippen LogP contribution is -2.65. The summed E-state index contributed by atoms with van der Waals surface area (Å²) in [5, 5.41) is 20.7.